The molecule has 126 valence electrons. The lowest BCUT2D eigenvalue weighted by atomic mass is 10.2. The lowest BCUT2D eigenvalue weighted by Crippen LogP contribution is -2.24. The highest BCUT2D eigenvalue weighted by Gasteiger charge is 2.11. The Balaban J connectivity index is 1.91. The van der Waals surface area contributed by atoms with E-state index in [0.29, 0.717) is 20.6 Å². The highest BCUT2D eigenvalue weighted by Crippen LogP contribution is 2.35. The predicted octanol–water partition coefficient (Wildman–Crippen LogP) is 5.48. The minimum absolute atomic E-state index is 0.169. The molecule has 0 fully saturated rings. The molecule has 2 rings (SSSR count). The number of halogens is 5. The van der Waals surface area contributed by atoms with Crippen LogP contribution in [0.25, 0.3) is 0 Å². The Labute approximate surface area is 163 Å². The van der Waals surface area contributed by atoms with Crippen LogP contribution in [0.15, 0.2) is 35.4 Å². The molecular formula is C15H9Cl5N2O2. The van der Waals surface area contributed by atoms with Crippen LogP contribution in [-0.2, 0) is 4.79 Å². The van der Waals surface area contributed by atoms with E-state index >= 15 is 0 Å². The number of nitrogens with one attached hydrogen (secondary N) is 1. The average molecular weight is 427 g/mol. The van der Waals surface area contributed by atoms with Gasteiger partial charge in [-0.05, 0) is 24.3 Å². The summed E-state index contributed by atoms with van der Waals surface area (Å²) < 4.78 is 5.27. The zero-order valence-electron chi connectivity index (χ0n) is 11.8. The second-order valence-corrected chi connectivity index (χ2v) is 6.54. The van der Waals surface area contributed by atoms with Crippen molar-refractivity contribution in [2.45, 2.75) is 0 Å². The van der Waals surface area contributed by atoms with Gasteiger partial charge in [-0.1, -0.05) is 64.1 Å². The molecule has 0 bridgehead atoms. The standard InChI is InChI=1S/C15H9Cl5N2O2/c16-9-2-1-8(11(18)3-9)6-21-22-14(23)7-24-15-12(19)4-10(17)5-13(15)20/h1-6H,7H2,(H,22,23). The number of nitrogens with zero attached hydrogens (tertiary/aromatic N) is 1. The van der Waals surface area contributed by atoms with Crippen LogP contribution in [0.3, 0.4) is 0 Å². The smallest absolute Gasteiger partial charge is 0.277 e. The molecule has 4 nitrogen and oxygen atoms in total. The third-order valence-corrected chi connectivity index (χ3v) is 4.01. The zero-order chi connectivity index (χ0) is 17.7. The van der Waals surface area contributed by atoms with Crippen molar-refractivity contribution in [3.63, 3.8) is 0 Å². The van der Waals surface area contributed by atoms with E-state index in [0.717, 1.165) is 0 Å². The van der Waals surface area contributed by atoms with Crippen LogP contribution in [0.5, 0.6) is 5.75 Å². The molecule has 0 aliphatic rings. The molecule has 1 N–H and O–H groups in total. The average Bonchev–Trinajstić information content (AvgIpc) is 2.48. The first kappa shape index (κ1) is 19.2. The number of carbonyl (C=O) groups is 1. The lowest BCUT2D eigenvalue weighted by Gasteiger charge is -2.09. The van der Waals surface area contributed by atoms with Crippen LogP contribution >= 0.6 is 58.0 Å². The fourth-order valence-corrected chi connectivity index (χ4v) is 3.00. The molecule has 0 saturated heterocycles. The first-order valence-corrected chi connectivity index (χ1v) is 8.30. The van der Waals surface area contributed by atoms with E-state index in [1.165, 1.54) is 18.3 Å². The van der Waals surface area contributed by atoms with Crippen LogP contribution in [-0.4, -0.2) is 18.7 Å². The molecule has 0 heterocycles. The summed E-state index contributed by atoms with van der Waals surface area (Å²) in [5.41, 5.74) is 2.90. The van der Waals surface area contributed by atoms with Gasteiger partial charge in [0.2, 0.25) is 0 Å². The molecule has 0 unspecified atom stereocenters. The Kier molecular flexibility index (Phi) is 7.02. The minimum Gasteiger partial charge on any atom is -0.481 e. The monoisotopic (exact) mass is 424 g/mol. The molecule has 1 amide bonds. The van der Waals surface area contributed by atoms with Gasteiger partial charge in [0.05, 0.1) is 21.3 Å². The van der Waals surface area contributed by atoms with Gasteiger partial charge >= 0.3 is 0 Å². The Hall–Kier alpha value is -1.17. The molecular weight excluding hydrogens is 417 g/mol. The summed E-state index contributed by atoms with van der Waals surface area (Å²) in [5, 5.41) is 5.48. The van der Waals surface area contributed by atoms with E-state index in [-0.39, 0.29) is 22.4 Å². The van der Waals surface area contributed by atoms with Gasteiger partial charge in [0.1, 0.15) is 0 Å². The third kappa shape index (κ3) is 5.43. The van der Waals surface area contributed by atoms with E-state index < -0.39 is 5.91 Å². The van der Waals surface area contributed by atoms with Crippen molar-refractivity contribution in [2.24, 2.45) is 5.10 Å². The topological polar surface area (TPSA) is 50.7 Å². The highest BCUT2D eigenvalue weighted by atomic mass is 35.5. The van der Waals surface area contributed by atoms with Gasteiger partial charge in [-0.3, -0.25) is 4.79 Å². The molecule has 0 aliphatic heterocycles. The van der Waals surface area contributed by atoms with Crippen molar-refractivity contribution in [1.82, 2.24) is 5.43 Å². The second kappa shape index (κ2) is 8.79. The van der Waals surface area contributed by atoms with Gasteiger partial charge in [-0.15, -0.1) is 0 Å². The van der Waals surface area contributed by atoms with Crippen LogP contribution in [0.2, 0.25) is 25.1 Å². The zero-order valence-corrected chi connectivity index (χ0v) is 15.6. The van der Waals surface area contributed by atoms with Gasteiger partial charge < -0.3 is 4.74 Å². The molecule has 0 atom stereocenters. The molecule has 0 aliphatic carbocycles. The third-order valence-electron chi connectivity index (χ3n) is 2.67. The Bertz CT molecular complexity index is 772. The minimum atomic E-state index is -0.501. The second-order valence-electron chi connectivity index (χ2n) is 4.45. The summed E-state index contributed by atoms with van der Waals surface area (Å²) in [6.07, 6.45) is 1.39. The Morgan fingerprint density at radius 2 is 1.62 bits per heavy atom. The lowest BCUT2D eigenvalue weighted by molar-refractivity contribution is -0.123. The van der Waals surface area contributed by atoms with Crippen molar-refractivity contribution in [1.29, 1.82) is 0 Å². The molecule has 9 heteroatoms. The van der Waals surface area contributed by atoms with Crippen molar-refractivity contribution >= 4 is 70.1 Å². The van der Waals surface area contributed by atoms with Crippen LogP contribution < -0.4 is 10.2 Å². The Morgan fingerprint density at radius 3 is 2.25 bits per heavy atom. The predicted molar refractivity (Wildman–Crippen MR) is 99.2 cm³/mol. The van der Waals surface area contributed by atoms with Gasteiger partial charge in [0.15, 0.2) is 12.4 Å². The number of benzene rings is 2. The highest BCUT2D eigenvalue weighted by molar-refractivity contribution is 6.40. The molecule has 0 aromatic heterocycles. The van der Waals surface area contributed by atoms with Crippen molar-refractivity contribution in [3.05, 3.63) is 61.0 Å². The van der Waals surface area contributed by atoms with E-state index in [1.54, 1.807) is 18.2 Å². The fraction of sp³-hybridized carbons (Fsp3) is 0.0667. The number of carbonyl (C=O) groups excluding carboxylic acids is 1. The molecule has 0 radical (unpaired) electrons. The summed E-state index contributed by atoms with van der Waals surface area (Å²) in [6, 6.07) is 7.82. The van der Waals surface area contributed by atoms with Gasteiger partial charge in [0, 0.05) is 15.6 Å². The van der Waals surface area contributed by atoms with Crippen molar-refractivity contribution < 1.29 is 9.53 Å². The number of rotatable bonds is 5. The first-order chi connectivity index (χ1) is 11.4. The summed E-state index contributed by atoms with van der Waals surface area (Å²) in [6.45, 7) is -0.327. The number of amides is 1. The maximum atomic E-state index is 11.7. The molecule has 0 saturated carbocycles. The number of hydrogen-bond acceptors (Lipinski definition) is 3. The van der Waals surface area contributed by atoms with Gasteiger partial charge in [0.25, 0.3) is 5.91 Å². The van der Waals surface area contributed by atoms with E-state index in [1.807, 2.05) is 0 Å². The van der Waals surface area contributed by atoms with Crippen LogP contribution in [0.1, 0.15) is 5.56 Å². The summed E-state index contributed by atoms with van der Waals surface area (Å²) >= 11 is 29.5. The quantitative estimate of drug-likeness (QED) is 0.508. The maximum Gasteiger partial charge on any atom is 0.277 e. The summed E-state index contributed by atoms with van der Waals surface area (Å²) in [4.78, 5) is 11.7. The van der Waals surface area contributed by atoms with Gasteiger partial charge in [-0.2, -0.15) is 5.10 Å². The molecule has 2 aromatic rings. The number of hydrogen-bond donors (Lipinski definition) is 1. The van der Waals surface area contributed by atoms with E-state index in [9.17, 15) is 4.79 Å². The largest absolute Gasteiger partial charge is 0.481 e. The Morgan fingerprint density at radius 1 is 1.00 bits per heavy atom. The molecule has 0 spiro atoms. The van der Waals surface area contributed by atoms with E-state index in [2.05, 4.69) is 10.5 Å². The first-order valence-electron chi connectivity index (χ1n) is 6.41. The maximum absolute atomic E-state index is 11.7. The summed E-state index contributed by atoms with van der Waals surface area (Å²) in [7, 11) is 0. The fourth-order valence-electron chi connectivity index (χ4n) is 1.62. The molecule has 24 heavy (non-hydrogen) atoms. The van der Waals surface area contributed by atoms with Crippen LogP contribution in [0, 0.1) is 0 Å². The number of hydrazone groups is 1. The van der Waals surface area contributed by atoms with Crippen LogP contribution in [0.4, 0.5) is 0 Å². The summed E-state index contributed by atoms with van der Waals surface area (Å²) in [5.74, 6) is -0.332. The normalized spacial score (nSPS) is 10.9. The van der Waals surface area contributed by atoms with Crippen molar-refractivity contribution in [3.8, 4) is 5.75 Å². The van der Waals surface area contributed by atoms with E-state index in [4.69, 9.17) is 62.7 Å². The number of ether oxygens (including phenoxy) is 1. The van der Waals surface area contributed by atoms with Crippen molar-refractivity contribution in [2.75, 3.05) is 6.61 Å². The van der Waals surface area contributed by atoms with Gasteiger partial charge in [-0.25, -0.2) is 5.43 Å². The SMILES string of the molecule is O=C(COc1c(Cl)cc(Cl)cc1Cl)NN=Cc1ccc(Cl)cc1Cl. The molecule has 2 aromatic carbocycles.